The summed E-state index contributed by atoms with van der Waals surface area (Å²) in [5, 5.41) is 20.0. The highest BCUT2D eigenvalue weighted by atomic mass is 32.2. The van der Waals surface area contributed by atoms with Crippen LogP contribution in [-0.4, -0.2) is 36.0 Å². The molecule has 0 amide bonds. The fraction of sp³-hybridized carbons (Fsp3) is 0.0417. The first kappa shape index (κ1) is 24.9. The third kappa shape index (κ3) is 4.82. The van der Waals surface area contributed by atoms with E-state index >= 15 is 0 Å². The molecule has 3 N–H and O–H groups in total. The van der Waals surface area contributed by atoms with Crippen molar-refractivity contribution in [3.8, 4) is 16.3 Å². The Morgan fingerprint density at radius 3 is 2.24 bits per heavy atom. The first-order valence-electron chi connectivity index (χ1n) is 10.5. The average Bonchev–Trinajstić information content (AvgIpc) is 3.26. The van der Waals surface area contributed by atoms with Crippen molar-refractivity contribution in [2.45, 2.75) is 16.7 Å². The van der Waals surface area contributed by atoms with Crippen LogP contribution >= 0.6 is 11.3 Å². The van der Waals surface area contributed by atoms with Gasteiger partial charge in [-0.05, 0) is 66.4 Å². The first-order valence-corrected chi connectivity index (χ1v) is 14.2. The number of phenolic OH excluding ortho intramolecular Hbond substituents is 1. The lowest BCUT2D eigenvalue weighted by atomic mass is 10.1. The number of thiazole rings is 1. The Hall–Kier alpha value is -3.75. The number of nitrogens with zero attached hydrogens (tertiary/aromatic N) is 3. The second-order valence-electron chi connectivity index (χ2n) is 8.09. The zero-order valence-electron chi connectivity index (χ0n) is 18.9. The third-order valence-corrected chi connectivity index (χ3v) is 8.74. The second kappa shape index (κ2) is 8.97. The number of aryl methyl sites for hydroxylation is 1. The van der Waals surface area contributed by atoms with E-state index < -0.39 is 20.2 Å². The van der Waals surface area contributed by atoms with Crippen LogP contribution in [0.2, 0.25) is 0 Å². The highest BCUT2D eigenvalue weighted by Crippen LogP contribution is 2.38. The molecular formula is C24H17N3O7S3. The van der Waals surface area contributed by atoms with Crippen molar-refractivity contribution in [3.05, 3.63) is 72.3 Å². The first-order chi connectivity index (χ1) is 17.4. The zero-order valence-corrected chi connectivity index (χ0v) is 21.3. The molecule has 10 nitrogen and oxygen atoms in total. The lowest BCUT2D eigenvalue weighted by Gasteiger charge is -2.05. The second-order valence-corrected chi connectivity index (χ2v) is 11.9. The summed E-state index contributed by atoms with van der Waals surface area (Å²) in [6.07, 6.45) is 0. The van der Waals surface area contributed by atoms with Gasteiger partial charge >= 0.3 is 0 Å². The topological polar surface area (TPSA) is 167 Å². The monoisotopic (exact) mass is 555 g/mol. The lowest BCUT2D eigenvalue weighted by molar-refractivity contribution is 0.477. The molecule has 0 saturated heterocycles. The summed E-state index contributed by atoms with van der Waals surface area (Å²) in [5.74, 6) is -0.160. The Balaban J connectivity index is 1.48. The van der Waals surface area contributed by atoms with Gasteiger partial charge < -0.3 is 5.11 Å². The lowest BCUT2D eigenvalue weighted by Crippen LogP contribution is -2.00. The number of fused-ring (bicyclic) bond motifs is 2. The van der Waals surface area contributed by atoms with Crippen LogP contribution < -0.4 is 0 Å². The van der Waals surface area contributed by atoms with Gasteiger partial charge in [-0.1, -0.05) is 18.2 Å². The molecule has 188 valence electrons. The van der Waals surface area contributed by atoms with E-state index in [9.17, 15) is 31.0 Å². The van der Waals surface area contributed by atoms with E-state index in [0.29, 0.717) is 42.8 Å². The molecular weight excluding hydrogens is 538 g/mol. The van der Waals surface area contributed by atoms with Crippen LogP contribution in [0.4, 0.5) is 11.4 Å². The van der Waals surface area contributed by atoms with Gasteiger partial charge in [-0.3, -0.25) is 9.11 Å². The highest BCUT2D eigenvalue weighted by Gasteiger charge is 2.21. The quantitative estimate of drug-likeness (QED) is 0.174. The van der Waals surface area contributed by atoms with E-state index in [1.807, 2.05) is 0 Å². The van der Waals surface area contributed by atoms with Gasteiger partial charge in [0.1, 0.15) is 21.3 Å². The predicted octanol–water partition coefficient (Wildman–Crippen LogP) is 6.04. The number of hydrogen-bond acceptors (Lipinski definition) is 9. The molecule has 0 aliphatic rings. The molecule has 0 radical (unpaired) electrons. The van der Waals surface area contributed by atoms with Crippen molar-refractivity contribution in [2.24, 2.45) is 10.2 Å². The Bertz CT molecular complexity index is 1950. The van der Waals surface area contributed by atoms with Gasteiger partial charge in [0.15, 0.2) is 0 Å². The minimum atomic E-state index is -4.42. The molecule has 0 aliphatic carbocycles. The number of hydrogen-bond donors (Lipinski definition) is 3. The van der Waals surface area contributed by atoms with Crippen molar-refractivity contribution in [3.63, 3.8) is 0 Å². The van der Waals surface area contributed by atoms with Gasteiger partial charge in [0.05, 0.1) is 20.8 Å². The minimum Gasteiger partial charge on any atom is -0.506 e. The van der Waals surface area contributed by atoms with Crippen molar-refractivity contribution in [2.75, 3.05) is 0 Å². The molecule has 1 aromatic heterocycles. The standard InChI is InChI=1S/C24H17N3O7S3/c1-13-2-10-19-22(23(13)37(32,33)34)35-24(25-19)14-3-6-16(7-4-14)26-27-21-18-9-8-17(36(29,30)31)12-15(18)5-11-20(21)28/h2-12,28H,1H3,(H,29,30,31)(H,32,33,34). The molecule has 1 heterocycles. The number of benzene rings is 4. The smallest absolute Gasteiger partial charge is 0.296 e. The molecule has 5 aromatic rings. The normalized spacial score (nSPS) is 12.6. The SMILES string of the molecule is Cc1ccc2nc(-c3ccc(N=Nc4c(O)ccc5cc(S(=O)(=O)O)ccc45)cc3)sc2c1S(=O)(=O)O. The maximum atomic E-state index is 11.9. The van der Waals surface area contributed by atoms with E-state index in [4.69, 9.17) is 0 Å². The number of rotatable bonds is 5. The molecule has 37 heavy (non-hydrogen) atoms. The number of aromatic hydroxyl groups is 1. The molecule has 0 bridgehead atoms. The largest absolute Gasteiger partial charge is 0.506 e. The minimum absolute atomic E-state index is 0.128. The summed E-state index contributed by atoms with van der Waals surface area (Å²) >= 11 is 1.14. The molecule has 0 atom stereocenters. The summed E-state index contributed by atoms with van der Waals surface area (Å²) < 4.78 is 65.9. The number of phenols is 1. The van der Waals surface area contributed by atoms with E-state index in [1.54, 1.807) is 43.3 Å². The van der Waals surface area contributed by atoms with Crippen LogP contribution in [0.5, 0.6) is 5.75 Å². The Labute approximate surface area is 215 Å². The van der Waals surface area contributed by atoms with Crippen LogP contribution in [0.15, 0.2) is 86.7 Å². The third-order valence-electron chi connectivity index (χ3n) is 5.59. The van der Waals surface area contributed by atoms with Crippen molar-refractivity contribution in [1.82, 2.24) is 4.98 Å². The Morgan fingerprint density at radius 2 is 1.57 bits per heavy atom. The molecule has 0 aliphatic heterocycles. The van der Waals surface area contributed by atoms with Gasteiger partial charge in [0, 0.05) is 10.9 Å². The maximum absolute atomic E-state index is 11.9. The molecule has 0 spiro atoms. The average molecular weight is 556 g/mol. The van der Waals surface area contributed by atoms with Crippen LogP contribution in [0, 0.1) is 6.92 Å². The summed E-state index contributed by atoms with van der Waals surface area (Å²) in [6.45, 7) is 1.60. The van der Waals surface area contributed by atoms with Crippen LogP contribution in [0.1, 0.15) is 5.56 Å². The van der Waals surface area contributed by atoms with Crippen molar-refractivity contribution in [1.29, 1.82) is 0 Å². The van der Waals surface area contributed by atoms with Crippen molar-refractivity contribution < 1.29 is 31.0 Å². The van der Waals surface area contributed by atoms with Gasteiger partial charge in [-0.15, -0.1) is 16.5 Å². The van der Waals surface area contributed by atoms with Crippen LogP contribution in [0.25, 0.3) is 31.6 Å². The highest BCUT2D eigenvalue weighted by molar-refractivity contribution is 7.86. The molecule has 4 aromatic carbocycles. The molecule has 0 unspecified atom stereocenters. The van der Waals surface area contributed by atoms with E-state index in [1.165, 1.54) is 30.3 Å². The summed E-state index contributed by atoms with van der Waals surface area (Å²) in [4.78, 5) is 4.05. The fourth-order valence-corrected chi connectivity index (χ4v) is 6.67. The summed E-state index contributed by atoms with van der Waals surface area (Å²) in [6, 6.07) is 16.8. The molecule has 0 saturated carbocycles. The molecule has 13 heteroatoms. The molecule has 5 rings (SSSR count). The van der Waals surface area contributed by atoms with Crippen LogP contribution in [-0.2, 0) is 20.2 Å². The van der Waals surface area contributed by atoms with Gasteiger partial charge in [0.2, 0.25) is 0 Å². The Kier molecular flexibility index (Phi) is 6.04. The number of aromatic nitrogens is 1. The maximum Gasteiger partial charge on any atom is 0.296 e. The summed E-state index contributed by atoms with van der Waals surface area (Å²) in [5.41, 5.74) is 2.15. The zero-order chi connectivity index (χ0) is 26.5. The van der Waals surface area contributed by atoms with E-state index in [0.717, 1.165) is 11.3 Å². The van der Waals surface area contributed by atoms with E-state index in [-0.39, 0.29) is 21.2 Å². The summed E-state index contributed by atoms with van der Waals surface area (Å²) in [7, 11) is -8.80. The van der Waals surface area contributed by atoms with E-state index in [2.05, 4.69) is 15.2 Å². The van der Waals surface area contributed by atoms with Gasteiger partial charge in [-0.2, -0.15) is 21.9 Å². The van der Waals surface area contributed by atoms with Crippen molar-refractivity contribution >= 4 is 63.9 Å². The fourth-order valence-electron chi connectivity index (χ4n) is 3.83. The van der Waals surface area contributed by atoms with Crippen LogP contribution in [0.3, 0.4) is 0 Å². The molecule has 0 fully saturated rings. The number of azo groups is 1. The van der Waals surface area contributed by atoms with Gasteiger partial charge in [0.25, 0.3) is 20.2 Å². The van der Waals surface area contributed by atoms with Gasteiger partial charge in [-0.25, -0.2) is 4.98 Å². The Morgan fingerprint density at radius 1 is 0.838 bits per heavy atom. The predicted molar refractivity (Wildman–Crippen MR) is 139 cm³/mol.